The van der Waals surface area contributed by atoms with Crippen LogP contribution in [0.15, 0.2) is 18.3 Å². The van der Waals surface area contributed by atoms with Gasteiger partial charge in [-0.3, -0.25) is 4.72 Å². The molecular formula is C11H14N2O6S2. The highest BCUT2D eigenvalue weighted by molar-refractivity contribution is 7.94. The second-order valence-corrected chi connectivity index (χ2v) is 9.00. The van der Waals surface area contributed by atoms with Gasteiger partial charge in [0.15, 0.2) is 0 Å². The quantitative estimate of drug-likeness (QED) is 0.798. The summed E-state index contributed by atoms with van der Waals surface area (Å²) in [5.74, 6) is -1.45. The molecule has 0 saturated carbocycles. The number of hydrogen-bond acceptors (Lipinski definition) is 6. The monoisotopic (exact) mass is 334 g/mol. The Balaban J connectivity index is 2.09. The Bertz CT molecular complexity index is 725. The van der Waals surface area contributed by atoms with Crippen molar-refractivity contribution in [2.75, 3.05) is 16.2 Å². The van der Waals surface area contributed by atoms with Gasteiger partial charge in [0.25, 0.3) is 0 Å². The summed E-state index contributed by atoms with van der Waals surface area (Å²) in [6.45, 7) is 0. The Kier molecular flexibility index (Phi) is 4.19. The fraction of sp³-hybridized carbons (Fsp3) is 0.455. The van der Waals surface area contributed by atoms with E-state index in [2.05, 4.69) is 9.71 Å². The first-order valence-electron chi connectivity index (χ1n) is 6.11. The summed E-state index contributed by atoms with van der Waals surface area (Å²) in [5, 5.41) is 7.94. The van der Waals surface area contributed by atoms with Crippen LogP contribution in [0.4, 0.5) is 5.82 Å². The van der Waals surface area contributed by atoms with Crippen molar-refractivity contribution in [1.82, 2.24) is 4.98 Å². The third-order valence-corrected chi connectivity index (χ3v) is 6.76. The van der Waals surface area contributed by atoms with Gasteiger partial charge >= 0.3 is 5.97 Å². The highest BCUT2D eigenvalue weighted by atomic mass is 32.2. The van der Waals surface area contributed by atoms with E-state index in [0.717, 1.165) is 6.20 Å². The topological polar surface area (TPSA) is 130 Å². The summed E-state index contributed by atoms with van der Waals surface area (Å²) < 4.78 is 49.1. The molecule has 0 spiro atoms. The highest BCUT2D eigenvalue weighted by Crippen LogP contribution is 2.21. The number of rotatable bonds is 4. The maximum atomic E-state index is 12.1. The molecule has 116 valence electrons. The van der Waals surface area contributed by atoms with Gasteiger partial charge in [0.1, 0.15) is 15.7 Å². The lowest BCUT2D eigenvalue weighted by Gasteiger charge is -2.22. The molecule has 2 heterocycles. The zero-order valence-corrected chi connectivity index (χ0v) is 12.5. The number of hydrogen-bond donors (Lipinski definition) is 2. The van der Waals surface area contributed by atoms with Crippen molar-refractivity contribution >= 4 is 31.6 Å². The van der Waals surface area contributed by atoms with Gasteiger partial charge in [0.2, 0.25) is 10.0 Å². The number of sulfonamides is 1. The van der Waals surface area contributed by atoms with Gasteiger partial charge in [-0.1, -0.05) is 0 Å². The maximum absolute atomic E-state index is 12.1. The first-order valence-corrected chi connectivity index (χ1v) is 9.48. The van der Waals surface area contributed by atoms with E-state index < -0.39 is 31.1 Å². The van der Waals surface area contributed by atoms with Gasteiger partial charge in [-0.15, -0.1) is 0 Å². The molecule has 0 aliphatic carbocycles. The largest absolute Gasteiger partial charge is 0.478 e. The summed E-state index contributed by atoms with van der Waals surface area (Å²) in [6.07, 6.45) is 1.14. The van der Waals surface area contributed by atoms with Gasteiger partial charge in [0, 0.05) is 6.20 Å². The minimum atomic E-state index is -3.74. The molecule has 1 aliphatic heterocycles. The van der Waals surface area contributed by atoms with Crippen LogP contribution in [0.5, 0.6) is 0 Å². The Morgan fingerprint density at radius 2 is 1.90 bits per heavy atom. The third-order valence-electron chi connectivity index (χ3n) is 3.20. The van der Waals surface area contributed by atoms with Gasteiger partial charge < -0.3 is 5.11 Å². The van der Waals surface area contributed by atoms with Crippen LogP contribution in [0.25, 0.3) is 0 Å². The molecular weight excluding hydrogens is 320 g/mol. The van der Waals surface area contributed by atoms with Crippen LogP contribution < -0.4 is 4.72 Å². The van der Waals surface area contributed by atoms with Gasteiger partial charge in [-0.05, 0) is 25.0 Å². The predicted octanol–water partition coefficient (Wildman–Crippen LogP) is 0.0987. The fourth-order valence-corrected chi connectivity index (χ4v) is 5.21. The van der Waals surface area contributed by atoms with Gasteiger partial charge in [-0.25, -0.2) is 26.6 Å². The zero-order chi connectivity index (χ0) is 15.7. The summed E-state index contributed by atoms with van der Waals surface area (Å²) in [6, 6.07) is 2.49. The third kappa shape index (κ3) is 3.91. The van der Waals surface area contributed by atoms with Crippen LogP contribution in [0.1, 0.15) is 23.2 Å². The highest BCUT2D eigenvalue weighted by Gasteiger charge is 2.32. The average Bonchev–Trinajstić information content (AvgIpc) is 2.38. The molecule has 1 aromatic heterocycles. The number of pyridine rings is 1. The SMILES string of the molecule is O=C(O)c1ccc(NS(=O)(=O)C2CCS(=O)(=O)CC2)nc1. The van der Waals surface area contributed by atoms with Crippen molar-refractivity contribution in [2.24, 2.45) is 0 Å². The molecule has 0 atom stereocenters. The van der Waals surface area contributed by atoms with E-state index >= 15 is 0 Å². The van der Waals surface area contributed by atoms with E-state index in [0.29, 0.717) is 0 Å². The molecule has 2 rings (SSSR count). The summed E-state index contributed by atoms with van der Waals surface area (Å²) in [7, 11) is -6.88. The van der Waals surface area contributed by atoms with E-state index in [1.54, 1.807) is 0 Å². The molecule has 0 radical (unpaired) electrons. The second kappa shape index (κ2) is 5.60. The molecule has 1 fully saturated rings. The smallest absolute Gasteiger partial charge is 0.337 e. The van der Waals surface area contributed by atoms with Crippen LogP contribution in [0.2, 0.25) is 0 Å². The molecule has 21 heavy (non-hydrogen) atoms. The van der Waals surface area contributed by atoms with Crippen LogP contribution in [0.3, 0.4) is 0 Å². The van der Waals surface area contributed by atoms with Crippen LogP contribution >= 0.6 is 0 Å². The number of anilines is 1. The van der Waals surface area contributed by atoms with E-state index in [4.69, 9.17) is 5.11 Å². The van der Waals surface area contributed by atoms with Crippen molar-refractivity contribution in [3.8, 4) is 0 Å². The van der Waals surface area contributed by atoms with E-state index in [1.165, 1.54) is 12.1 Å². The average molecular weight is 334 g/mol. The number of sulfone groups is 1. The Morgan fingerprint density at radius 3 is 2.38 bits per heavy atom. The fourth-order valence-electron chi connectivity index (χ4n) is 1.99. The molecule has 0 unspecified atom stereocenters. The Hall–Kier alpha value is -1.68. The Morgan fingerprint density at radius 1 is 1.29 bits per heavy atom. The standard InChI is InChI=1S/C11H14N2O6S2/c14-11(15)8-1-2-10(12-7-8)13-21(18,19)9-3-5-20(16,17)6-4-9/h1-2,7,9H,3-6H2,(H,12,13)(H,14,15). The van der Waals surface area contributed by atoms with Gasteiger partial charge in [-0.2, -0.15) is 0 Å². The van der Waals surface area contributed by atoms with Crippen molar-refractivity contribution in [3.63, 3.8) is 0 Å². The first kappa shape index (κ1) is 15.7. The van der Waals surface area contributed by atoms with Crippen LogP contribution in [0, 0.1) is 0 Å². The van der Waals surface area contributed by atoms with E-state index in [1.807, 2.05) is 0 Å². The summed E-state index contributed by atoms with van der Waals surface area (Å²) in [5.41, 5.74) is -0.0540. The number of carbonyl (C=O) groups is 1. The van der Waals surface area contributed by atoms with Gasteiger partial charge in [0.05, 0.1) is 22.3 Å². The minimum Gasteiger partial charge on any atom is -0.478 e. The number of carboxylic acids is 1. The molecule has 8 nitrogen and oxygen atoms in total. The normalized spacial score (nSPS) is 19.0. The predicted molar refractivity (Wildman–Crippen MR) is 75.4 cm³/mol. The summed E-state index contributed by atoms with van der Waals surface area (Å²) in [4.78, 5) is 14.4. The first-order chi connectivity index (χ1) is 9.70. The Labute approximate surface area is 122 Å². The van der Waals surface area contributed by atoms with Crippen LogP contribution in [-0.2, 0) is 19.9 Å². The molecule has 1 aliphatic rings. The lowest BCUT2D eigenvalue weighted by Crippen LogP contribution is -2.36. The molecule has 1 aromatic rings. The van der Waals surface area contributed by atoms with Crippen LogP contribution in [-0.4, -0.2) is 49.7 Å². The molecule has 0 amide bonds. The van der Waals surface area contributed by atoms with E-state index in [9.17, 15) is 21.6 Å². The lowest BCUT2D eigenvalue weighted by atomic mass is 10.2. The van der Waals surface area contributed by atoms with Crippen molar-refractivity contribution < 1.29 is 26.7 Å². The maximum Gasteiger partial charge on any atom is 0.337 e. The van der Waals surface area contributed by atoms with Crippen molar-refractivity contribution in [2.45, 2.75) is 18.1 Å². The number of nitrogens with zero attached hydrogens (tertiary/aromatic N) is 1. The molecule has 2 N–H and O–H groups in total. The van der Waals surface area contributed by atoms with Crippen molar-refractivity contribution in [1.29, 1.82) is 0 Å². The molecule has 0 bridgehead atoms. The van der Waals surface area contributed by atoms with E-state index in [-0.39, 0.29) is 35.7 Å². The zero-order valence-electron chi connectivity index (χ0n) is 10.9. The minimum absolute atomic E-state index is 0.00781. The number of aromatic nitrogens is 1. The molecule has 1 saturated heterocycles. The van der Waals surface area contributed by atoms with Crippen molar-refractivity contribution in [3.05, 3.63) is 23.9 Å². The molecule has 0 aromatic carbocycles. The number of aromatic carboxylic acids is 1. The summed E-state index contributed by atoms with van der Waals surface area (Å²) >= 11 is 0. The second-order valence-electron chi connectivity index (χ2n) is 4.74. The molecule has 10 heteroatoms. The number of nitrogens with one attached hydrogen (secondary N) is 1. The number of carboxylic acid groups (broad SMARTS) is 1. The lowest BCUT2D eigenvalue weighted by molar-refractivity contribution is 0.0696.